The van der Waals surface area contributed by atoms with E-state index in [4.69, 9.17) is 4.52 Å². The third-order valence-corrected chi connectivity index (χ3v) is 3.30. The van der Waals surface area contributed by atoms with Gasteiger partial charge < -0.3 is 9.84 Å². The second kappa shape index (κ2) is 6.53. The van der Waals surface area contributed by atoms with Crippen LogP contribution in [0.2, 0.25) is 0 Å². The highest BCUT2D eigenvalue weighted by molar-refractivity contribution is 5.53. The van der Waals surface area contributed by atoms with Gasteiger partial charge in [0.1, 0.15) is 0 Å². The summed E-state index contributed by atoms with van der Waals surface area (Å²) < 4.78 is 7.22. The predicted molar refractivity (Wildman–Crippen MR) is 83.1 cm³/mol. The molecular weight excluding hydrogens is 278 g/mol. The zero-order valence-corrected chi connectivity index (χ0v) is 12.8. The minimum absolute atomic E-state index is 0.559. The molecule has 3 aromatic rings. The molecule has 114 valence electrons. The highest BCUT2D eigenvalue weighted by atomic mass is 16.5. The van der Waals surface area contributed by atoms with Crippen LogP contribution in [0.15, 0.2) is 41.2 Å². The molecule has 2 aromatic heterocycles. The van der Waals surface area contributed by atoms with E-state index in [1.54, 1.807) is 0 Å². The summed E-state index contributed by atoms with van der Waals surface area (Å²) >= 11 is 0. The first-order chi connectivity index (χ1) is 10.7. The van der Waals surface area contributed by atoms with Crippen LogP contribution in [-0.2, 0) is 13.1 Å². The molecule has 0 atom stereocenters. The van der Waals surface area contributed by atoms with Gasteiger partial charge in [0.25, 0.3) is 5.89 Å². The van der Waals surface area contributed by atoms with Crippen molar-refractivity contribution in [1.29, 1.82) is 0 Å². The van der Waals surface area contributed by atoms with Crippen molar-refractivity contribution in [2.24, 2.45) is 0 Å². The Kier molecular flexibility index (Phi) is 4.29. The number of nitrogens with zero attached hydrogens (tertiary/aromatic N) is 4. The Balaban J connectivity index is 1.51. The molecule has 0 aliphatic rings. The van der Waals surface area contributed by atoms with Gasteiger partial charge in [-0.15, -0.1) is 0 Å². The van der Waals surface area contributed by atoms with E-state index in [2.05, 4.69) is 20.6 Å². The third-order valence-electron chi connectivity index (χ3n) is 3.30. The Morgan fingerprint density at radius 1 is 1.23 bits per heavy atom. The standard InChI is InChI=1S/C16H19N5O/c1-12-4-3-5-14(8-12)16-19-15(20-22-16)10-17-6-7-21-11-13(2)9-18-21/h3-5,8-9,11,17H,6-7,10H2,1-2H3. The predicted octanol–water partition coefficient (Wildman–Crippen LogP) is 2.34. The molecule has 0 saturated carbocycles. The lowest BCUT2D eigenvalue weighted by Crippen LogP contribution is -2.20. The molecule has 3 rings (SSSR count). The third kappa shape index (κ3) is 3.59. The molecule has 6 nitrogen and oxygen atoms in total. The Labute approximate surface area is 129 Å². The lowest BCUT2D eigenvalue weighted by molar-refractivity contribution is 0.418. The van der Waals surface area contributed by atoms with Crippen LogP contribution in [0.1, 0.15) is 17.0 Å². The minimum atomic E-state index is 0.559. The van der Waals surface area contributed by atoms with Crippen molar-refractivity contribution >= 4 is 0 Å². The Morgan fingerprint density at radius 3 is 2.91 bits per heavy atom. The number of aryl methyl sites for hydroxylation is 2. The molecule has 0 amide bonds. The van der Waals surface area contributed by atoms with E-state index < -0.39 is 0 Å². The SMILES string of the molecule is Cc1cccc(-c2nc(CNCCn3cc(C)cn3)no2)c1. The summed E-state index contributed by atoms with van der Waals surface area (Å²) in [5, 5.41) is 11.5. The van der Waals surface area contributed by atoms with E-state index in [1.165, 1.54) is 11.1 Å². The molecule has 0 aliphatic heterocycles. The van der Waals surface area contributed by atoms with E-state index >= 15 is 0 Å². The van der Waals surface area contributed by atoms with Crippen LogP contribution in [0.5, 0.6) is 0 Å². The van der Waals surface area contributed by atoms with Crippen molar-refractivity contribution in [3.8, 4) is 11.5 Å². The first-order valence-electron chi connectivity index (χ1n) is 7.30. The topological polar surface area (TPSA) is 68.8 Å². The number of rotatable bonds is 6. The molecule has 22 heavy (non-hydrogen) atoms. The fourth-order valence-corrected chi connectivity index (χ4v) is 2.20. The number of hydrogen-bond acceptors (Lipinski definition) is 5. The second-order valence-electron chi connectivity index (χ2n) is 5.34. The molecule has 2 heterocycles. The molecule has 1 aromatic carbocycles. The zero-order valence-electron chi connectivity index (χ0n) is 12.8. The Morgan fingerprint density at radius 2 is 2.14 bits per heavy atom. The van der Waals surface area contributed by atoms with Gasteiger partial charge in [-0.05, 0) is 31.5 Å². The summed E-state index contributed by atoms with van der Waals surface area (Å²) in [7, 11) is 0. The highest BCUT2D eigenvalue weighted by Gasteiger charge is 2.08. The summed E-state index contributed by atoms with van der Waals surface area (Å²) in [6, 6.07) is 8.03. The van der Waals surface area contributed by atoms with Crippen molar-refractivity contribution in [1.82, 2.24) is 25.2 Å². The van der Waals surface area contributed by atoms with Crippen LogP contribution in [0, 0.1) is 13.8 Å². The number of aromatic nitrogens is 4. The second-order valence-corrected chi connectivity index (χ2v) is 5.34. The van der Waals surface area contributed by atoms with Gasteiger partial charge in [-0.1, -0.05) is 22.9 Å². The first kappa shape index (κ1) is 14.5. The fourth-order valence-electron chi connectivity index (χ4n) is 2.20. The fraction of sp³-hybridized carbons (Fsp3) is 0.312. The van der Waals surface area contributed by atoms with Gasteiger partial charge in [0.05, 0.1) is 19.3 Å². The smallest absolute Gasteiger partial charge is 0.257 e. The molecule has 0 fully saturated rings. The number of hydrogen-bond donors (Lipinski definition) is 1. The summed E-state index contributed by atoms with van der Waals surface area (Å²) in [5.74, 6) is 1.22. The first-order valence-corrected chi connectivity index (χ1v) is 7.30. The van der Waals surface area contributed by atoms with Crippen molar-refractivity contribution in [3.63, 3.8) is 0 Å². The maximum absolute atomic E-state index is 5.31. The van der Waals surface area contributed by atoms with Crippen LogP contribution in [-0.4, -0.2) is 26.5 Å². The molecule has 0 saturated heterocycles. The van der Waals surface area contributed by atoms with Gasteiger partial charge in [0.2, 0.25) is 0 Å². The van der Waals surface area contributed by atoms with E-state index in [0.717, 1.165) is 18.7 Å². The highest BCUT2D eigenvalue weighted by Crippen LogP contribution is 2.17. The molecule has 1 N–H and O–H groups in total. The summed E-state index contributed by atoms with van der Waals surface area (Å²) in [6.07, 6.45) is 3.87. The van der Waals surface area contributed by atoms with E-state index in [-0.39, 0.29) is 0 Å². The van der Waals surface area contributed by atoms with E-state index in [1.807, 2.05) is 55.2 Å². The lowest BCUT2D eigenvalue weighted by Gasteiger charge is -2.01. The lowest BCUT2D eigenvalue weighted by atomic mass is 10.1. The van der Waals surface area contributed by atoms with Crippen molar-refractivity contribution in [2.75, 3.05) is 6.54 Å². The summed E-state index contributed by atoms with van der Waals surface area (Å²) in [5.41, 5.74) is 3.29. The molecule has 0 radical (unpaired) electrons. The van der Waals surface area contributed by atoms with E-state index in [0.29, 0.717) is 18.3 Å². The maximum atomic E-state index is 5.31. The largest absolute Gasteiger partial charge is 0.334 e. The van der Waals surface area contributed by atoms with Gasteiger partial charge in [-0.25, -0.2) is 0 Å². The van der Waals surface area contributed by atoms with Crippen LogP contribution in [0.4, 0.5) is 0 Å². The normalized spacial score (nSPS) is 11.0. The summed E-state index contributed by atoms with van der Waals surface area (Å²) in [4.78, 5) is 4.41. The van der Waals surface area contributed by atoms with Gasteiger partial charge >= 0.3 is 0 Å². The molecule has 0 aliphatic carbocycles. The monoisotopic (exact) mass is 297 g/mol. The minimum Gasteiger partial charge on any atom is -0.334 e. The Bertz CT molecular complexity index is 746. The van der Waals surface area contributed by atoms with Gasteiger partial charge in [0.15, 0.2) is 5.82 Å². The molecule has 0 unspecified atom stereocenters. The number of benzene rings is 1. The van der Waals surface area contributed by atoms with Crippen molar-refractivity contribution in [3.05, 3.63) is 53.6 Å². The zero-order chi connectivity index (χ0) is 15.4. The van der Waals surface area contributed by atoms with Gasteiger partial charge in [-0.3, -0.25) is 4.68 Å². The average molecular weight is 297 g/mol. The summed E-state index contributed by atoms with van der Waals surface area (Å²) in [6.45, 7) is 6.27. The van der Waals surface area contributed by atoms with Crippen LogP contribution in [0.25, 0.3) is 11.5 Å². The van der Waals surface area contributed by atoms with Crippen LogP contribution < -0.4 is 5.32 Å². The van der Waals surface area contributed by atoms with Crippen molar-refractivity contribution < 1.29 is 4.52 Å². The van der Waals surface area contributed by atoms with Crippen molar-refractivity contribution in [2.45, 2.75) is 26.9 Å². The Hall–Kier alpha value is -2.47. The number of nitrogens with one attached hydrogen (secondary N) is 1. The average Bonchev–Trinajstić information content (AvgIpc) is 3.13. The van der Waals surface area contributed by atoms with Gasteiger partial charge in [0, 0.05) is 18.3 Å². The quantitative estimate of drug-likeness (QED) is 0.707. The molecule has 0 bridgehead atoms. The van der Waals surface area contributed by atoms with Crippen LogP contribution in [0.3, 0.4) is 0 Å². The van der Waals surface area contributed by atoms with E-state index in [9.17, 15) is 0 Å². The molecule has 6 heteroatoms. The van der Waals surface area contributed by atoms with Crippen LogP contribution >= 0.6 is 0 Å². The molecular formula is C16H19N5O. The molecule has 0 spiro atoms. The van der Waals surface area contributed by atoms with Gasteiger partial charge in [-0.2, -0.15) is 10.1 Å². The maximum Gasteiger partial charge on any atom is 0.257 e.